The van der Waals surface area contributed by atoms with Crippen molar-refractivity contribution in [1.29, 1.82) is 0 Å². The molecule has 1 heterocycles. The van der Waals surface area contributed by atoms with Crippen LogP contribution in [-0.4, -0.2) is 34.6 Å². The zero-order chi connectivity index (χ0) is 9.84. The molecule has 0 spiro atoms. The molecule has 0 radical (unpaired) electrons. The lowest BCUT2D eigenvalue weighted by Gasteiger charge is -1.95. The largest absolute Gasteiger partial charge is 0.464 e. The summed E-state index contributed by atoms with van der Waals surface area (Å²) < 4.78 is 6.06. The SMILES string of the molecule is COC(=O)c1cc(CCO)n(C)n1. The van der Waals surface area contributed by atoms with E-state index in [1.54, 1.807) is 17.8 Å². The van der Waals surface area contributed by atoms with E-state index >= 15 is 0 Å². The molecule has 0 aliphatic carbocycles. The molecule has 0 saturated carbocycles. The Balaban J connectivity index is 2.88. The lowest BCUT2D eigenvalue weighted by molar-refractivity contribution is 0.0593. The summed E-state index contributed by atoms with van der Waals surface area (Å²) in [6.07, 6.45) is 0.487. The average Bonchev–Trinajstić information content (AvgIpc) is 2.47. The third kappa shape index (κ3) is 2.06. The second kappa shape index (κ2) is 4.04. The van der Waals surface area contributed by atoms with Gasteiger partial charge in [0.2, 0.25) is 0 Å². The number of aliphatic hydroxyl groups is 1. The van der Waals surface area contributed by atoms with Gasteiger partial charge in [-0.25, -0.2) is 4.79 Å². The Morgan fingerprint density at radius 3 is 3.00 bits per heavy atom. The van der Waals surface area contributed by atoms with Crippen molar-refractivity contribution >= 4 is 5.97 Å². The quantitative estimate of drug-likeness (QED) is 0.657. The molecule has 5 nitrogen and oxygen atoms in total. The van der Waals surface area contributed by atoms with Gasteiger partial charge in [0.1, 0.15) is 0 Å². The predicted octanol–water partition coefficient (Wildman–Crippen LogP) is -0.259. The van der Waals surface area contributed by atoms with Crippen molar-refractivity contribution in [1.82, 2.24) is 9.78 Å². The van der Waals surface area contributed by atoms with Gasteiger partial charge < -0.3 is 9.84 Å². The first-order valence-corrected chi connectivity index (χ1v) is 3.91. The van der Waals surface area contributed by atoms with Crippen LogP contribution in [0.15, 0.2) is 6.07 Å². The molecule has 1 aromatic heterocycles. The number of aliphatic hydroxyl groups excluding tert-OH is 1. The number of ether oxygens (including phenoxy) is 1. The lowest BCUT2D eigenvalue weighted by atomic mass is 10.3. The Morgan fingerprint density at radius 2 is 2.46 bits per heavy atom. The molecule has 13 heavy (non-hydrogen) atoms. The molecule has 1 N–H and O–H groups in total. The number of carbonyl (C=O) groups excluding carboxylic acids is 1. The van der Waals surface area contributed by atoms with Gasteiger partial charge in [0.05, 0.1) is 7.11 Å². The van der Waals surface area contributed by atoms with Gasteiger partial charge in [-0.3, -0.25) is 4.68 Å². The number of hydrogen-bond donors (Lipinski definition) is 1. The van der Waals surface area contributed by atoms with Gasteiger partial charge >= 0.3 is 5.97 Å². The average molecular weight is 184 g/mol. The number of nitrogens with zero attached hydrogens (tertiary/aromatic N) is 2. The summed E-state index contributed by atoms with van der Waals surface area (Å²) in [6, 6.07) is 1.61. The summed E-state index contributed by atoms with van der Waals surface area (Å²) in [4.78, 5) is 11.0. The predicted molar refractivity (Wildman–Crippen MR) is 45.3 cm³/mol. The van der Waals surface area contributed by atoms with E-state index in [4.69, 9.17) is 5.11 Å². The van der Waals surface area contributed by atoms with Gasteiger partial charge in [-0.1, -0.05) is 0 Å². The van der Waals surface area contributed by atoms with Crippen LogP contribution >= 0.6 is 0 Å². The van der Waals surface area contributed by atoms with Crippen molar-refractivity contribution in [2.24, 2.45) is 7.05 Å². The Labute approximate surface area is 75.9 Å². The lowest BCUT2D eigenvalue weighted by Crippen LogP contribution is -2.03. The summed E-state index contributed by atoms with van der Waals surface area (Å²) >= 11 is 0. The number of esters is 1. The van der Waals surface area contributed by atoms with Gasteiger partial charge in [0.25, 0.3) is 0 Å². The van der Waals surface area contributed by atoms with Crippen molar-refractivity contribution < 1.29 is 14.6 Å². The van der Waals surface area contributed by atoms with Crippen molar-refractivity contribution in [3.05, 3.63) is 17.5 Å². The molecule has 5 heteroatoms. The maximum Gasteiger partial charge on any atom is 0.358 e. The van der Waals surface area contributed by atoms with Crippen molar-refractivity contribution in [3.63, 3.8) is 0 Å². The van der Waals surface area contributed by atoms with E-state index in [0.717, 1.165) is 5.69 Å². The standard InChI is InChI=1S/C8H12N2O3/c1-10-6(3-4-11)5-7(9-10)8(12)13-2/h5,11H,3-4H2,1-2H3. The van der Waals surface area contributed by atoms with Gasteiger partial charge in [-0.05, 0) is 6.07 Å². The van der Waals surface area contributed by atoms with Gasteiger partial charge in [0, 0.05) is 25.8 Å². The topological polar surface area (TPSA) is 64.3 Å². The molecule has 1 aromatic rings. The highest BCUT2D eigenvalue weighted by atomic mass is 16.5. The number of aromatic nitrogens is 2. The zero-order valence-electron chi connectivity index (χ0n) is 7.65. The maximum atomic E-state index is 11.0. The molecule has 0 aliphatic rings. The third-order valence-corrected chi connectivity index (χ3v) is 1.74. The third-order valence-electron chi connectivity index (χ3n) is 1.74. The summed E-state index contributed by atoms with van der Waals surface area (Å²) in [7, 11) is 3.03. The fourth-order valence-corrected chi connectivity index (χ4v) is 1.06. The Hall–Kier alpha value is -1.36. The second-order valence-corrected chi connectivity index (χ2v) is 2.61. The summed E-state index contributed by atoms with van der Waals surface area (Å²) in [5.74, 6) is -0.459. The first-order valence-electron chi connectivity index (χ1n) is 3.91. The smallest absolute Gasteiger partial charge is 0.358 e. The van der Waals surface area contributed by atoms with E-state index in [1.165, 1.54) is 7.11 Å². The highest BCUT2D eigenvalue weighted by Gasteiger charge is 2.11. The van der Waals surface area contributed by atoms with Crippen molar-refractivity contribution in [2.45, 2.75) is 6.42 Å². The molecular formula is C8H12N2O3. The minimum Gasteiger partial charge on any atom is -0.464 e. The number of aryl methyl sites for hydroxylation is 1. The van der Waals surface area contributed by atoms with Crippen molar-refractivity contribution in [3.8, 4) is 0 Å². The van der Waals surface area contributed by atoms with Crippen LogP contribution in [0.4, 0.5) is 0 Å². The van der Waals surface area contributed by atoms with Crippen LogP contribution < -0.4 is 0 Å². The first-order chi connectivity index (χ1) is 6.19. The van der Waals surface area contributed by atoms with E-state index < -0.39 is 5.97 Å². The Bertz CT molecular complexity index is 306. The number of carbonyl (C=O) groups is 1. The highest BCUT2D eigenvalue weighted by molar-refractivity contribution is 5.87. The fourth-order valence-electron chi connectivity index (χ4n) is 1.06. The molecule has 72 valence electrons. The minimum atomic E-state index is -0.459. The van der Waals surface area contributed by atoms with Crippen LogP contribution in [-0.2, 0) is 18.2 Å². The molecule has 0 atom stereocenters. The van der Waals surface area contributed by atoms with Gasteiger partial charge in [0.15, 0.2) is 5.69 Å². The Morgan fingerprint density at radius 1 is 1.77 bits per heavy atom. The van der Waals surface area contributed by atoms with E-state index in [9.17, 15) is 4.79 Å². The Kier molecular flexibility index (Phi) is 3.02. The zero-order valence-corrected chi connectivity index (χ0v) is 7.65. The summed E-state index contributed by atoms with van der Waals surface area (Å²) in [6.45, 7) is 0.0418. The van der Waals surface area contributed by atoms with Crippen LogP contribution in [0.25, 0.3) is 0 Å². The second-order valence-electron chi connectivity index (χ2n) is 2.61. The monoisotopic (exact) mass is 184 g/mol. The van der Waals surface area contributed by atoms with E-state index in [1.807, 2.05) is 0 Å². The van der Waals surface area contributed by atoms with Crippen LogP contribution in [0, 0.1) is 0 Å². The molecule has 0 unspecified atom stereocenters. The molecule has 0 aromatic carbocycles. The minimum absolute atomic E-state index is 0.0418. The molecule has 0 amide bonds. The molecule has 1 rings (SSSR count). The van der Waals surface area contributed by atoms with Crippen LogP contribution in [0.5, 0.6) is 0 Å². The van der Waals surface area contributed by atoms with Crippen molar-refractivity contribution in [2.75, 3.05) is 13.7 Å². The summed E-state index contributed by atoms with van der Waals surface area (Å²) in [5.41, 5.74) is 1.08. The van der Waals surface area contributed by atoms with E-state index in [-0.39, 0.29) is 12.3 Å². The fraction of sp³-hybridized carbons (Fsp3) is 0.500. The molecular weight excluding hydrogens is 172 g/mol. The molecule has 0 fully saturated rings. The van der Waals surface area contributed by atoms with Gasteiger partial charge in [-0.15, -0.1) is 0 Å². The normalized spacial score (nSPS) is 10.1. The van der Waals surface area contributed by atoms with Crippen LogP contribution in [0.3, 0.4) is 0 Å². The van der Waals surface area contributed by atoms with Gasteiger partial charge in [-0.2, -0.15) is 5.10 Å². The number of rotatable bonds is 3. The first kappa shape index (κ1) is 9.73. The molecule has 0 saturated heterocycles. The van der Waals surface area contributed by atoms with E-state index in [2.05, 4.69) is 9.84 Å². The molecule has 0 aliphatic heterocycles. The molecule has 0 bridgehead atoms. The van der Waals surface area contributed by atoms with E-state index in [0.29, 0.717) is 6.42 Å². The number of hydrogen-bond acceptors (Lipinski definition) is 4. The summed E-state index contributed by atoms with van der Waals surface area (Å²) in [5, 5.41) is 12.6. The van der Waals surface area contributed by atoms with Crippen LogP contribution in [0.2, 0.25) is 0 Å². The maximum absolute atomic E-state index is 11.0. The highest BCUT2D eigenvalue weighted by Crippen LogP contribution is 2.04. The van der Waals surface area contributed by atoms with Crippen LogP contribution in [0.1, 0.15) is 16.2 Å². The number of methoxy groups -OCH3 is 1.